The van der Waals surface area contributed by atoms with Crippen LogP contribution in [0.2, 0.25) is 5.02 Å². The zero-order chi connectivity index (χ0) is 10.6. The molecular weight excluding hydrogens is 222 g/mol. The van der Waals surface area contributed by atoms with Gasteiger partial charge in [-0.15, -0.1) is 0 Å². The van der Waals surface area contributed by atoms with E-state index >= 15 is 0 Å². The summed E-state index contributed by atoms with van der Waals surface area (Å²) < 4.78 is 4.97. The van der Waals surface area contributed by atoms with E-state index in [1.165, 1.54) is 19.2 Å². The number of methoxy groups -OCH3 is 1. The molecule has 0 aliphatic carbocycles. The number of isothiocyanates is 1. The van der Waals surface area contributed by atoms with Crippen molar-refractivity contribution in [1.82, 2.24) is 0 Å². The first-order valence-electron chi connectivity index (χ1n) is 3.64. The molecule has 0 radical (unpaired) electrons. The molecule has 0 spiro atoms. The first-order chi connectivity index (χ1) is 6.69. The molecule has 0 aliphatic rings. The molecule has 0 atom stereocenters. The monoisotopic (exact) mass is 227 g/mol. The molecule has 0 bridgehead atoms. The third-order valence-electron chi connectivity index (χ3n) is 1.54. The van der Waals surface area contributed by atoms with Crippen LogP contribution in [0, 0.1) is 0 Å². The molecule has 0 heterocycles. The van der Waals surface area contributed by atoms with E-state index in [0.717, 1.165) is 0 Å². The average molecular weight is 228 g/mol. The summed E-state index contributed by atoms with van der Waals surface area (Å²) in [6.45, 7) is 0. The van der Waals surface area contributed by atoms with E-state index in [2.05, 4.69) is 17.2 Å². The van der Waals surface area contributed by atoms with Gasteiger partial charge in [0.15, 0.2) is 0 Å². The molecule has 3 nitrogen and oxygen atoms in total. The third kappa shape index (κ3) is 2.39. The molecule has 0 aromatic heterocycles. The van der Waals surface area contributed by atoms with Crippen molar-refractivity contribution in [3.8, 4) is 5.75 Å². The van der Waals surface area contributed by atoms with Crippen LogP contribution in [-0.4, -0.2) is 18.2 Å². The molecule has 0 saturated heterocycles. The van der Waals surface area contributed by atoms with Crippen LogP contribution >= 0.6 is 23.8 Å². The normalized spacial score (nSPS) is 9.00. The Kier molecular flexibility index (Phi) is 3.77. The Hall–Kier alpha value is -1.22. The van der Waals surface area contributed by atoms with E-state index < -0.39 is 5.91 Å². The van der Waals surface area contributed by atoms with E-state index in [1.54, 1.807) is 6.07 Å². The van der Waals surface area contributed by atoms with Gasteiger partial charge in [0.25, 0.3) is 5.91 Å². The van der Waals surface area contributed by atoms with Crippen LogP contribution in [0.3, 0.4) is 0 Å². The topological polar surface area (TPSA) is 38.7 Å². The van der Waals surface area contributed by atoms with Gasteiger partial charge in [0.2, 0.25) is 0 Å². The fourth-order valence-electron chi connectivity index (χ4n) is 0.943. The number of ether oxygens (including phenoxy) is 1. The van der Waals surface area contributed by atoms with Crippen LogP contribution in [0.5, 0.6) is 5.75 Å². The first kappa shape index (κ1) is 10.9. The minimum atomic E-state index is -0.492. The minimum absolute atomic E-state index is 0.314. The third-order valence-corrected chi connectivity index (χ3v) is 1.87. The van der Waals surface area contributed by atoms with E-state index in [9.17, 15) is 4.79 Å². The highest BCUT2D eigenvalue weighted by Gasteiger charge is 2.10. The van der Waals surface area contributed by atoms with Crippen molar-refractivity contribution < 1.29 is 9.53 Å². The number of thiocarbonyl (C=S) groups is 1. The number of benzene rings is 1. The van der Waals surface area contributed by atoms with Crippen molar-refractivity contribution >= 4 is 34.9 Å². The summed E-state index contributed by atoms with van der Waals surface area (Å²) >= 11 is 10.0. The molecule has 0 aliphatic heterocycles. The van der Waals surface area contributed by atoms with Crippen LogP contribution in [0.25, 0.3) is 0 Å². The second-order valence-electron chi connectivity index (χ2n) is 2.35. The smallest absolute Gasteiger partial charge is 0.289 e. The van der Waals surface area contributed by atoms with Gasteiger partial charge in [0, 0.05) is 5.02 Å². The molecule has 5 heteroatoms. The lowest BCUT2D eigenvalue weighted by Crippen LogP contribution is -1.98. The number of carbonyl (C=O) groups excluding carboxylic acids is 1. The molecule has 72 valence electrons. The predicted octanol–water partition coefficient (Wildman–Crippen LogP) is 2.59. The number of nitrogens with zero attached hydrogens (tertiary/aromatic N) is 1. The van der Waals surface area contributed by atoms with E-state index in [-0.39, 0.29) is 0 Å². The largest absolute Gasteiger partial charge is 0.496 e. The molecule has 1 aromatic rings. The number of halogens is 1. The predicted molar refractivity (Wildman–Crippen MR) is 57.4 cm³/mol. The number of hydrogen-bond acceptors (Lipinski definition) is 3. The maximum atomic E-state index is 11.3. The Morgan fingerprint density at radius 1 is 1.64 bits per heavy atom. The zero-order valence-electron chi connectivity index (χ0n) is 7.28. The summed E-state index contributed by atoms with van der Waals surface area (Å²) in [7, 11) is 1.45. The molecule has 0 N–H and O–H groups in total. The van der Waals surface area contributed by atoms with Crippen molar-refractivity contribution in [3.63, 3.8) is 0 Å². The van der Waals surface area contributed by atoms with E-state index in [4.69, 9.17) is 16.3 Å². The summed E-state index contributed by atoms with van der Waals surface area (Å²) in [5, 5.41) is 2.49. The SMILES string of the molecule is COc1cc(Cl)ccc1C(=O)N=C=S. The lowest BCUT2D eigenvalue weighted by molar-refractivity contribution is 0.100. The Morgan fingerprint density at radius 3 is 2.93 bits per heavy atom. The Labute approximate surface area is 91.4 Å². The lowest BCUT2D eigenvalue weighted by Gasteiger charge is -2.04. The summed E-state index contributed by atoms with van der Waals surface area (Å²) in [6, 6.07) is 4.64. The number of aliphatic imine (C=N–C) groups is 1. The first-order valence-corrected chi connectivity index (χ1v) is 4.43. The van der Waals surface area contributed by atoms with Gasteiger partial charge in [-0.2, -0.15) is 4.99 Å². The molecule has 1 aromatic carbocycles. The van der Waals surface area contributed by atoms with Crippen LogP contribution in [0.1, 0.15) is 10.4 Å². The highest BCUT2D eigenvalue weighted by atomic mass is 35.5. The number of rotatable bonds is 2. The number of amides is 1. The van der Waals surface area contributed by atoms with Gasteiger partial charge in [0.1, 0.15) is 5.75 Å². The quantitative estimate of drug-likeness (QED) is 0.576. The van der Waals surface area contributed by atoms with Crippen molar-refractivity contribution in [3.05, 3.63) is 28.8 Å². The maximum Gasteiger partial charge on any atom is 0.289 e. The fourth-order valence-corrected chi connectivity index (χ4v) is 1.19. The number of carbonyl (C=O) groups is 1. The molecule has 14 heavy (non-hydrogen) atoms. The second-order valence-corrected chi connectivity index (χ2v) is 2.97. The fraction of sp³-hybridized carbons (Fsp3) is 0.111. The standard InChI is InChI=1S/C9H6ClNO2S/c1-13-8-4-6(10)2-3-7(8)9(12)11-5-14/h2-4H,1H3. The summed E-state index contributed by atoms with van der Waals surface area (Å²) in [5.41, 5.74) is 0.314. The Morgan fingerprint density at radius 2 is 2.36 bits per heavy atom. The number of hydrogen-bond donors (Lipinski definition) is 0. The molecule has 1 amide bonds. The van der Waals surface area contributed by atoms with Crippen molar-refractivity contribution in [2.45, 2.75) is 0 Å². The lowest BCUT2D eigenvalue weighted by atomic mass is 10.2. The molecule has 0 saturated carbocycles. The molecule has 1 rings (SSSR count). The van der Waals surface area contributed by atoms with Gasteiger partial charge in [-0.05, 0) is 30.4 Å². The van der Waals surface area contributed by atoms with Crippen molar-refractivity contribution in [2.75, 3.05) is 7.11 Å². The van der Waals surface area contributed by atoms with Crippen LogP contribution in [-0.2, 0) is 0 Å². The van der Waals surface area contributed by atoms with Crippen LogP contribution < -0.4 is 4.74 Å². The average Bonchev–Trinajstić information content (AvgIpc) is 2.17. The second kappa shape index (κ2) is 4.86. The van der Waals surface area contributed by atoms with E-state index in [0.29, 0.717) is 16.3 Å². The van der Waals surface area contributed by atoms with Gasteiger partial charge in [-0.1, -0.05) is 11.6 Å². The zero-order valence-corrected chi connectivity index (χ0v) is 8.85. The van der Waals surface area contributed by atoms with Crippen molar-refractivity contribution in [2.24, 2.45) is 4.99 Å². The van der Waals surface area contributed by atoms with Gasteiger partial charge in [0.05, 0.1) is 17.8 Å². The van der Waals surface area contributed by atoms with Gasteiger partial charge < -0.3 is 4.74 Å². The van der Waals surface area contributed by atoms with Gasteiger partial charge >= 0.3 is 0 Å². The van der Waals surface area contributed by atoms with Crippen LogP contribution in [0.4, 0.5) is 0 Å². The van der Waals surface area contributed by atoms with Gasteiger partial charge in [-0.3, -0.25) is 4.79 Å². The minimum Gasteiger partial charge on any atom is -0.496 e. The Bertz CT molecular complexity index is 413. The van der Waals surface area contributed by atoms with E-state index in [1.807, 2.05) is 5.16 Å². The molecule has 0 fully saturated rings. The summed E-state index contributed by atoms with van der Waals surface area (Å²) in [6.07, 6.45) is 0. The van der Waals surface area contributed by atoms with Crippen LogP contribution in [0.15, 0.2) is 23.2 Å². The maximum absolute atomic E-state index is 11.3. The molecule has 0 unspecified atom stereocenters. The highest BCUT2D eigenvalue weighted by molar-refractivity contribution is 7.78. The summed E-state index contributed by atoms with van der Waals surface area (Å²) in [5.74, 6) is -0.120. The Balaban J connectivity index is 3.20. The van der Waals surface area contributed by atoms with Crippen molar-refractivity contribution in [1.29, 1.82) is 0 Å². The highest BCUT2D eigenvalue weighted by Crippen LogP contribution is 2.23. The van der Waals surface area contributed by atoms with Gasteiger partial charge in [-0.25, -0.2) is 0 Å². The molecular formula is C9H6ClNO2S. The summed E-state index contributed by atoms with van der Waals surface area (Å²) in [4.78, 5) is 14.7.